The Balaban J connectivity index is 2.85. The lowest BCUT2D eigenvalue weighted by atomic mass is 10.1. The van der Waals surface area contributed by atoms with Crippen molar-refractivity contribution in [2.45, 2.75) is 6.92 Å². The van der Waals surface area contributed by atoms with E-state index in [1.807, 2.05) is 39.2 Å². The number of fused-ring (bicyclic) bond motifs is 1. The second-order valence-electron chi connectivity index (χ2n) is 4.03. The van der Waals surface area contributed by atoms with Crippen LogP contribution < -0.4 is 9.64 Å². The summed E-state index contributed by atoms with van der Waals surface area (Å²) in [6.45, 7) is 2.01. The van der Waals surface area contributed by atoms with Crippen molar-refractivity contribution in [3.05, 3.63) is 30.0 Å². The van der Waals surface area contributed by atoms with Crippen LogP contribution in [0.4, 0.5) is 5.69 Å². The Labute approximate surface area is 95.7 Å². The van der Waals surface area contributed by atoms with Crippen LogP contribution in [0.2, 0.25) is 0 Å². The summed E-state index contributed by atoms with van der Waals surface area (Å²) < 4.78 is 5.39. The molecule has 3 heteroatoms. The van der Waals surface area contributed by atoms with E-state index in [0.29, 0.717) is 0 Å². The molecule has 0 aliphatic heterocycles. The number of ether oxygens (including phenoxy) is 1. The Kier molecular flexibility index (Phi) is 2.69. The van der Waals surface area contributed by atoms with E-state index >= 15 is 0 Å². The Morgan fingerprint density at radius 1 is 1.25 bits per heavy atom. The highest BCUT2D eigenvalue weighted by Crippen LogP contribution is 2.33. The minimum Gasteiger partial charge on any atom is -0.496 e. The first-order chi connectivity index (χ1) is 7.63. The van der Waals surface area contributed by atoms with Crippen LogP contribution in [0.3, 0.4) is 0 Å². The fraction of sp³-hybridized carbons (Fsp3) is 0.308. The van der Waals surface area contributed by atoms with Gasteiger partial charge in [-0.3, -0.25) is 4.98 Å². The molecule has 0 fully saturated rings. The van der Waals surface area contributed by atoms with Crippen molar-refractivity contribution in [1.29, 1.82) is 0 Å². The van der Waals surface area contributed by atoms with Crippen molar-refractivity contribution in [2.24, 2.45) is 0 Å². The maximum Gasteiger partial charge on any atom is 0.130 e. The second kappa shape index (κ2) is 4.00. The van der Waals surface area contributed by atoms with Crippen LogP contribution in [0.25, 0.3) is 10.9 Å². The number of nitrogens with zero attached hydrogens (tertiary/aromatic N) is 2. The monoisotopic (exact) mass is 216 g/mol. The first-order valence-corrected chi connectivity index (χ1v) is 5.25. The molecule has 0 aliphatic rings. The highest BCUT2D eigenvalue weighted by molar-refractivity contribution is 5.96. The number of hydrogen-bond donors (Lipinski definition) is 0. The summed E-state index contributed by atoms with van der Waals surface area (Å²) in [5.74, 6) is 0.869. The van der Waals surface area contributed by atoms with Crippen molar-refractivity contribution in [1.82, 2.24) is 4.98 Å². The third-order valence-electron chi connectivity index (χ3n) is 2.60. The number of aryl methyl sites for hydroxylation is 1. The van der Waals surface area contributed by atoms with Crippen LogP contribution in [0.5, 0.6) is 5.75 Å². The SMILES string of the molecule is COc1cccc2nc(C)cc(N(C)C)c12. The van der Waals surface area contributed by atoms with E-state index in [2.05, 4.69) is 16.0 Å². The Hall–Kier alpha value is -1.77. The maximum absolute atomic E-state index is 5.39. The number of rotatable bonds is 2. The first kappa shape index (κ1) is 10.7. The highest BCUT2D eigenvalue weighted by Gasteiger charge is 2.10. The molecule has 0 N–H and O–H groups in total. The predicted molar refractivity (Wildman–Crippen MR) is 67.4 cm³/mol. The number of anilines is 1. The van der Waals surface area contributed by atoms with Crippen LogP contribution in [-0.4, -0.2) is 26.2 Å². The van der Waals surface area contributed by atoms with Gasteiger partial charge in [0.05, 0.1) is 23.7 Å². The molecule has 84 valence electrons. The maximum atomic E-state index is 5.39. The molecule has 2 rings (SSSR count). The van der Waals surface area contributed by atoms with E-state index in [1.165, 1.54) is 0 Å². The average molecular weight is 216 g/mol. The molecular formula is C13H16N2O. The number of hydrogen-bond acceptors (Lipinski definition) is 3. The van der Waals surface area contributed by atoms with Crippen molar-refractivity contribution in [3.8, 4) is 5.75 Å². The van der Waals surface area contributed by atoms with Gasteiger partial charge in [0.25, 0.3) is 0 Å². The molecule has 0 unspecified atom stereocenters. The molecule has 0 bridgehead atoms. The molecule has 0 saturated heterocycles. The largest absolute Gasteiger partial charge is 0.496 e. The third kappa shape index (κ3) is 1.69. The molecule has 0 spiro atoms. The summed E-state index contributed by atoms with van der Waals surface area (Å²) in [5.41, 5.74) is 3.13. The third-order valence-corrected chi connectivity index (χ3v) is 2.60. The van der Waals surface area contributed by atoms with E-state index in [-0.39, 0.29) is 0 Å². The summed E-state index contributed by atoms with van der Waals surface area (Å²) in [4.78, 5) is 6.60. The molecular weight excluding hydrogens is 200 g/mol. The zero-order valence-corrected chi connectivity index (χ0v) is 10.1. The van der Waals surface area contributed by atoms with Crippen LogP contribution in [0.15, 0.2) is 24.3 Å². The fourth-order valence-corrected chi connectivity index (χ4v) is 1.89. The van der Waals surface area contributed by atoms with Crippen LogP contribution >= 0.6 is 0 Å². The standard InChI is InChI=1S/C13H16N2O/c1-9-8-11(15(2)3)13-10(14-9)6-5-7-12(13)16-4/h5-8H,1-4H3. The van der Waals surface area contributed by atoms with Gasteiger partial charge in [-0.2, -0.15) is 0 Å². The van der Waals surface area contributed by atoms with Crippen molar-refractivity contribution in [2.75, 3.05) is 26.1 Å². The number of pyridine rings is 1. The molecule has 2 aromatic rings. The lowest BCUT2D eigenvalue weighted by Gasteiger charge is -2.17. The van der Waals surface area contributed by atoms with Gasteiger partial charge in [-0.05, 0) is 25.1 Å². The number of aromatic nitrogens is 1. The van der Waals surface area contributed by atoms with Gasteiger partial charge in [-0.1, -0.05) is 6.07 Å². The van der Waals surface area contributed by atoms with Gasteiger partial charge in [0.2, 0.25) is 0 Å². The minimum absolute atomic E-state index is 0.869. The lowest BCUT2D eigenvalue weighted by Crippen LogP contribution is -2.10. The van der Waals surface area contributed by atoms with Gasteiger partial charge in [0, 0.05) is 19.8 Å². The first-order valence-electron chi connectivity index (χ1n) is 5.25. The van der Waals surface area contributed by atoms with Gasteiger partial charge in [0.15, 0.2) is 0 Å². The number of benzene rings is 1. The molecule has 0 saturated carbocycles. The molecule has 0 amide bonds. The zero-order chi connectivity index (χ0) is 11.7. The topological polar surface area (TPSA) is 25.4 Å². The molecule has 1 aromatic heterocycles. The van der Waals surface area contributed by atoms with E-state index in [4.69, 9.17) is 4.74 Å². The predicted octanol–water partition coefficient (Wildman–Crippen LogP) is 2.62. The summed E-state index contributed by atoms with van der Waals surface area (Å²) in [5, 5.41) is 1.07. The Bertz CT molecular complexity index is 521. The van der Waals surface area contributed by atoms with Gasteiger partial charge < -0.3 is 9.64 Å². The average Bonchev–Trinajstić information content (AvgIpc) is 2.26. The molecule has 0 radical (unpaired) electrons. The molecule has 1 heterocycles. The summed E-state index contributed by atoms with van der Waals surface area (Å²) in [6.07, 6.45) is 0. The Morgan fingerprint density at radius 3 is 2.62 bits per heavy atom. The van der Waals surface area contributed by atoms with Gasteiger partial charge in [-0.25, -0.2) is 0 Å². The van der Waals surface area contributed by atoms with Crippen molar-refractivity contribution >= 4 is 16.6 Å². The lowest BCUT2D eigenvalue weighted by molar-refractivity contribution is 0.420. The normalized spacial score (nSPS) is 10.5. The molecule has 0 atom stereocenters. The van der Waals surface area contributed by atoms with Gasteiger partial charge >= 0.3 is 0 Å². The summed E-state index contributed by atoms with van der Waals surface area (Å²) in [7, 11) is 5.75. The van der Waals surface area contributed by atoms with E-state index in [9.17, 15) is 0 Å². The van der Waals surface area contributed by atoms with Gasteiger partial charge in [-0.15, -0.1) is 0 Å². The number of methoxy groups -OCH3 is 1. The summed E-state index contributed by atoms with van der Waals surface area (Å²) in [6, 6.07) is 8.02. The van der Waals surface area contributed by atoms with E-state index in [0.717, 1.165) is 28.0 Å². The zero-order valence-electron chi connectivity index (χ0n) is 10.1. The van der Waals surface area contributed by atoms with E-state index < -0.39 is 0 Å². The molecule has 0 aliphatic carbocycles. The van der Waals surface area contributed by atoms with Crippen LogP contribution in [0.1, 0.15) is 5.69 Å². The Morgan fingerprint density at radius 2 is 2.00 bits per heavy atom. The summed E-state index contributed by atoms with van der Waals surface area (Å²) >= 11 is 0. The van der Waals surface area contributed by atoms with Crippen LogP contribution in [-0.2, 0) is 0 Å². The smallest absolute Gasteiger partial charge is 0.130 e. The van der Waals surface area contributed by atoms with Crippen molar-refractivity contribution < 1.29 is 4.74 Å². The van der Waals surface area contributed by atoms with Gasteiger partial charge in [0.1, 0.15) is 5.75 Å². The molecule has 16 heavy (non-hydrogen) atoms. The highest BCUT2D eigenvalue weighted by atomic mass is 16.5. The minimum atomic E-state index is 0.869. The second-order valence-corrected chi connectivity index (χ2v) is 4.03. The quantitative estimate of drug-likeness (QED) is 0.771. The molecule has 1 aromatic carbocycles. The fourth-order valence-electron chi connectivity index (χ4n) is 1.89. The van der Waals surface area contributed by atoms with Crippen LogP contribution in [0, 0.1) is 6.92 Å². The van der Waals surface area contributed by atoms with E-state index in [1.54, 1.807) is 7.11 Å². The van der Waals surface area contributed by atoms with Crippen molar-refractivity contribution in [3.63, 3.8) is 0 Å². The molecule has 3 nitrogen and oxygen atoms in total.